The Morgan fingerprint density at radius 2 is 1.96 bits per heavy atom. The maximum absolute atomic E-state index is 12.5. The number of fused-ring (bicyclic) bond motifs is 1. The third kappa shape index (κ3) is 4.69. The maximum Gasteiger partial charge on any atom is 0.333 e. The lowest BCUT2D eigenvalue weighted by molar-refractivity contribution is -0.176. The number of amides is 1. The lowest BCUT2D eigenvalue weighted by Crippen LogP contribution is -2.58. The summed E-state index contributed by atoms with van der Waals surface area (Å²) in [6, 6.07) is -0.878. The third-order valence-electron chi connectivity index (χ3n) is 4.40. The lowest BCUT2D eigenvalue weighted by Gasteiger charge is -2.37. The predicted octanol–water partition coefficient (Wildman–Crippen LogP) is 1.61. The molecule has 2 aliphatic rings. The number of rotatable bonds is 9. The molecule has 0 aliphatic carbocycles. The Kier molecular flexibility index (Phi) is 6.91. The van der Waals surface area contributed by atoms with E-state index in [0.717, 1.165) is 19.3 Å². The number of ether oxygens (including phenoxy) is 3. The number of carbonyl (C=O) groups excluding carboxylic acids is 4. The van der Waals surface area contributed by atoms with Crippen LogP contribution in [0, 0.1) is 0 Å². The summed E-state index contributed by atoms with van der Waals surface area (Å²) in [5.74, 6) is -1.69. The van der Waals surface area contributed by atoms with E-state index in [1.54, 1.807) is 6.92 Å². The molecule has 0 aromatic carbocycles. The monoisotopic (exact) mass is 387 g/mol. The van der Waals surface area contributed by atoms with E-state index in [-0.39, 0.29) is 24.3 Å². The zero-order valence-corrected chi connectivity index (χ0v) is 16.1. The van der Waals surface area contributed by atoms with Crippen molar-refractivity contribution in [1.29, 1.82) is 0 Å². The van der Waals surface area contributed by atoms with Crippen LogP contribution in [-0.2, 0) is 33.4 Å². The molecule has 1 amide bonds. The zero-order chi connectivity index (χ0) is 19.3. The van der Waals surface area contributed by atoms with Crippen LogP contribution >= 0.6 is 11.8 Å². The van der Waals surface area contributed by atoms with Crippen molar-refractivity contribution in [3.05, 3.63) is 0 Å². The zero-order valence-electron chi connectivity index (χ0n) is 15.3. The van der Waals surface area contributed by atoms with Gasteiger partial charge in [-0.15, -0.1) is 11.8 Å². The van der Waals surface area contributed by atoms with Crippen LogP contribution in [0.15, 0.2) is 0 Å². The van der Waals surface area contributed by atoms with E-state index in [2.05, 4.69) is 0 Å². The van der Waals surface area contributed by atoms with Crippen LogP contribution in [0.2, 0.25) is 0 Å². The summed E-state index contributed by atoms with van der Waals surface area (Å²) in [6.07, 6.45) is 3.28. The Morgan fingerprint density at radius 3 is 2.58 bits per heavy atom. The topological polar surface area (TPSA) is 99.2 Å². The van der Waals surface area contributed by atoms with Gasteiger partial charge in [0, 0.05) is 13.3 Å². The Balaban J connectivity index is 1.90. The lowest BCUT2D eigenvalue weighted by atomic mass is 9.97. The van der Waals surface area contributed by atoms with Crippen molar-refractivity contribution in [2.75, 3.05) is 13.4 Å². The maximum atomic E-state index is 12.5. The molecule has 2 aliphatic heterocycles. The first-order chi connectivity index (χ1) is 12.3. The number of thioether (sulfide) groups is 1. The number of hydrogen-bond acceptors (Lipinski definition) is 8. The molecule has 2 heterocycles. The highest BCUT2D eigenvalue weighted by Crippen LogP contribution is 2.51. The molecule has 0 aromatic rings. The van der Waals surface area contributed by atoms with Gasteiger partial charge in [0.05, 0.1) is 16.5 Å². The van der Waals surface area contributed by atoms with Gasteiger partial charge in [-0.1, -0.05) is 19.8 Å². The second-order valence-corrected chi connectivity index (χ2v) is 8.34. The van der Waals surface area contributed by atoms with E-state index in [9.17, 15) is 19.2 Å². The molecular formula is C17H25NO7S. The van der Waals surface area contributed by atoms with Crippen LogP contribution in [0.1, 0.15) is 52.9 Å². The summed E-state index contributed by atoms with van der Waals surface area (Å²) in [6.45, 7) is 4.58. The minimum atomic E-state index is -0.878. The molecule has 0 aromatic heterocycles. The molecule has 146 valence electrons. The number of unbranched alkanes of at least 4 members (excludes halogenated alkanes) is 2. The van der Waals surface area contributed by atoms with E-state index in [1.165, 1.54) is 23.6 Å². The molecule has 2 saturated heterocycles. The fourth-order valence-electron chi connectivity index (χ4n) is 3.02. The first kappa shape index (κ1) is 20.5. The van der Waals surface area contributed by atoms with E-state index in [0.29, 0.717) is 6.42 Å². The van der Waals surface area contributed by atoms with E-state index >= 15 is 0 Å². The first-order valence-corrected chi connectivity index (χ1v) is 9.61. The molecule has 0 N–H and O–H groups in total. The van der Waals surface area contributed by atoms with Crippen LogP contribution in [0.4, 0.5) is 0 Å². The van der Waals surface area contributed by atoms with Crippen molar-refractivity contribution in [1.82, 2.24) is 4.90 Å². The van der Waals surface area contributed by atoms with Gasteiger partial charge in [0.15, 0.2) is 0 Å². The van der Waals surface area contributed by atoms with Gasteiger partial charge in [0.2, 0.25) is 12.7 Å². The quantitative estimate of drug-likeness (QED) is 0.255. The SMILES string of the molecule is CCCCCC(=O)OCOC(=O)[C@@H]1N2C(=O)C[C@H]2S[C@@]1(C)COC(C)=O. The number of hydrogen-bond donors (Lipinski definition) is 0. The third-order valence-corrected chi connectivity index (χ3v) is 5.95. The largest absolute Gasteiger partial charge is 0.464 e. The van der Waals surface area contributed by atoms with Crippen molar-refractivity contribution in [2.45, 2.75) is 69.0 Å². The van der Waals surface area contributed by atoms with Crippen molar-refractivity contribution in [2.24, 2.45) is 0 Å². The molecule has 2 fully saturated rings. The fourth-order valence-corrected chi connectivity index (χ4v) is 4.69. The molecule has 8 nitrogen and oxygen atoms in total. The van der Waals surface area contributed by atoms with Crippen molar-refractivity contribution in [3.8, 4) is 0 Å². The van der Waals surface area contributed by atoms with Crippen molar-refractivity contribution in [3.63, 3.8) is 0 Å². The molecule has 0 unspecified atom stereocenters. The van der Waals surface area contributed by atoms with Gasteiger partial charge in [-0.05, 0) is 13.3 Å². The smallest absolute Gasteiger partial charge is 0.333 e. The van der Waals surface area contributed by atoms with E-state index in [4.69, 9.17) is 14.2 Å². The summed E-state index contributed by atoms with van der Waals surface area (Å²) < 4.78 is 14.3. The van der Waals surface area contributed by atoms with Crippen LogP contribution in [0.3, 0.4) is 0 Å². The Morgan fingerprint density at radius 1 is 1.23 bits per heavy atom. The van der Waals surface area contributed by atoms with Gasteiger partial charge in [-0.3, -0.25) is 14.4 Å². The summed E-state index contributed by atoms with van der Waals surface area (Å²) in [5, 5.41) is -0.128. The average Bonchev–Trinajstić information content (AvgIpc) is 2.81. The predicted molar refractivity (Wildman–Crippen MR) is 92.9 cm³/mol. The summed E-state index contributed by atoms with van der Waals surface area (Å²) in [7, 11) is 0. The van der Waals surface area contributed by atoms with E-state index in [1.807, 2.05) is 6.92 Å². The summed E-state index contributed by atoms with van der Waals surface area (Å²) in [5.41, 5.74) is 0. The van der Waals surface area contributed by atoms with Gasteiger partial charge < -0.3 is 19.1 Å². The molecule has 0 bridgehead atoms. The highest BCUT2D eigenvalue weighted by molar-refractivity contribution is 8.01. The highest BCUT2D eigenvalue weighted by atomic mass is 32.2. The van der Waals surface area contributed by atoms with Crippen molar-refractivity contribution >= 4 is 35.6 Å². The molecular weight excluding hydrogens is 362 g/mol. The van der Waals surface area contributed by atoms with Gasteiger partial charge in [-0.25, -0.2) is 4.79 Å². The molecule has 0 spiro atoms. The standard InChI is InChI=1S/C17H25NO7S/c1-4-5-6-7-14(21)24-10-25-16(22)15-17(3,9-23-11(2)19)26-13-8-12(20)18(13)15/h13,15H,4-10H2,1-3H3/t13-,15+,17+/m1/s1. The van der Waals surface area contributed by atoms with Crippen LogP contribution in [0.25, 0.3) is 0 Å². The summed E-state index contributed by atoms with van der Waals surface area (Å²) in [4.78, 5) is 48.6. The number of nitrogens with zero attached hydrogens (tertiary/aromatic N) is 1. The first-order valence-electron chi connectivity index (χ1n) is 8.73. The fraction of sp³-hybridized carbons (Fsp3) is 0.765. The van der Waals surface area contributed by atoms with Crippen molar-refractivity contribution < 1.29 is 33.4 Å². The second kappa shape index (κ2) is 8.75. The minimum Gasteiger partial charge on any atom is -0.464 e. The highest BCUT2D eigenvalue weighted by Gasteiger charge is 2.61. The van der Waals surface area contributed by atoms with E-state index < -0.39 is 35.5 Å². The van der Waals surface area contributed by atoms with Crippen LogP contribution in [0.5, 0.6) is 0 Å². The molecule has 0 radical (unpaired) electrons. The Labute approximate surface area is 156 Å². The summed E-state index contributed by atoms with van der Waals surface area (Å²) >= 11 is 1.42. The molecule has 3 atom stereocenters. The average molecular weight is 387 g/mol. The van der Waals surface area contributed by atoms with Crippen LogP contribution < -0.4 is 0 Å². The molecule has 2 rings (SSSR count). The minimum absolute atomic E-state index is 0.0101. The van der Waals surface area contributed by atoms with Gasteiger partial charge >= 0.3 is 17.9 Å². The molecule has 26 heavy (non-hydrogen) atoms. The number of esters is 3. The Hall–Kier alpha value is -1.77. The van der Waals surface area contributed by atoms with Gasteiger partial charge in [0.25, 0.3) is 0 Å². The second-order valence-electron chi connectivity index (χ2n) is 6.63. The van der Waals surface area contributed by atoms with Crippen LogP contribution in [-0.4, -0.2) is 58.3 Å². The number of carbonyl (C=O) groups is 4. The van der Waals surface area contributed by atoms with Gasteiger partial charge in [-0.2, -0.15) is 0 Å². The molecule has 9 heteroatoms. The Bertz CT molecular complexity index is 581. The van der Waals surface area contributed by atoms with Gasteiger partial charge in [0.1, 0.15) is 12.6 Å². The normalized spacial score (nSPS) is 26.7. The number of β-lactam (4-membered cyclic amide) rings is 1. The molecule has 0 saturated carbocycles.